The Morgan fingerprint density at radius 2 is 2.13 bits per heavy atom. The minimum Gasteiger partial charge on any atom is -0.484 e. The smallest absolute Gasteiger partial charge is 0.350 e. The van der Waals surface area contributed by atoms with Crippen LogP contribution in [0, 0.1) is 5.82 Å². The Bertz CT molecular complexity index is 1070. The summed E-state index contributed by atoms with van der Waals surface area (Å²) in [6.45, 7) is 0.541. The molecule has 1 N–H and O–H groups in total. The number of benzene rings is 1. The van der Waals surface area contributed by atoms with E-state index < -0.39 is 5.97 Å². The molecule has 2 amide bonds. The van der Waals surface area contributed by atoms with Crippen molar-refractivity contribution in [2.75, 3.05) is 19.0 Å². The molecule has 31 heavy (non-hydrogen) atoms. The number of nitrogens with zero attached hydrogens (tertiary/aromatic N) is 3. The average Bonchev–Trinajstić information content (AvgIpc) is 3.52. The number of rotatable bonds is 6. The topological polar surface area (TPSA) is 107 Å². The van der Waals surface area contributed by atoms with E-state index in [9.17, 15) is 14.0 Å². The maximum atomic E-state index is 13.0. The van der Waals surface area contributed by atoms with Gasteiger partial charge in [0, 0.05) is 6.54 Å². The van der Waals surface area contributed by atoms with Gasteiger partial charge in [0.1, 0.15) is 16.4 Å². The molecular weight excluding hydrogens is 427 g/mol. The molecule has 11 heteroatoms. The standard InChI is InChI=1S/C20H19FN4O5S/c1-28-19(26)17-14(8-10-31-17)22-20(27)25-9-2-3-15(25)18-23-16(30-24-18)11-29-13-6-4-12(21)5-7-13/h4-8,10,15H,2-3,9,11H2,1H3,(H,22,27). The first-order valence-electron chi connectivity index (χ1n) is 9.49. The number of urea groups is 1. The number of aromatic nitrogens is 2. The van der Waals surface area contributed by atoms with E-state index in [4.69, 9.17) is 14.0 Å². The van der Waals surface area contributed by atoms with Gasteiger partial charge >= 0.3 is 12.0 Å². The summed E-state index contributed by atoms with van der Waals surface area (Å²) in [5.74, 6) is 0.238. The van der Waals surface area contributed by atoms with Crippen LogP contribution in [0.3, 0.4) is 0 Å². The molecule has 0 spiro atoms. The fraction of sp³-hybridized carbons (Fsp3) is 0.300. The van der Waals surface area contributed by atoms with Crippen molar-refractivity contribution in [1.82, 2.24) is 15.0 Å². The number of halogens is 1. The van der Waals surface area contributed by atoms with Crippen LogP contribution in [0.4, 0.5) is 14.9 Å². The Labute approximate surface area is 180 Å². The number of amides is 2. The quantitative estimate of drug-likeness (QED) is 0.570. The van der Waals surface area contributed by atoms with Gasteiger partial charge in [-0.05, 0) is 48.6 Å². The first kappa shape index (κ1) is 20.8. The van der Waals surface area contributed by atoms with E-state index in [1.165, 1.54) is 42.7 Å². The van der Waals surface area contributed by atoms with Crippen LogP contribution >= 0.6 is 11.3 Å². The third kappa shape index (κ3) is 4.66. The molecule has 3 aromatic rings. The molecule has 1 aliphatic rings. The number of thiophene rings is 1. The third-order valence-corrected chi connectivity index (χ3v) is 5.64. The molecule has 1 atom stereocenters. The lowest BCUT2D eigenvalue weighted by molar-refractivity contribution is 0.0607. The van der Waals surface area contributed by atoms with E-state index in [0.717, 1.165) is 6.42 Å². The molecule has 1 aromatic carbocycles. The highest BCUT2D eigenvalue weighted by Gasteiger charge is 2.34. The van der Waals surface area contributed by atoms with Gasteiger partial charge in [0.2, 0.25) is 0 Å². The molecule has 0 bridgehead atoms. The zero-order valence-corrected chi connectivity index (χ0v) is 17.4. The van der Waals surface area contributed by atoms with Gasteiger partial charge in [-0.25, -0.2) is 14.0 Å². The van der Waals surface area contributed by atoms with E-state index in [2.05, 4.69) is 15.5 Å². The highest BCUT2D eigenvalue weighted by molar-refractivity contribution is 7.12. The molecule has 3 heterocycles. The zero-order chi connectivity index (χ0) is 21.8. The number of hydrogen-bond donors (Lipinski definition) is 1. The Kier molecular flexibility index (Phi) is 6.12. The van der Waals surface area contributed by atoms with Gasteiger partial charge in [-0.15, -0.1) is 11.3 Å². The second-order valence-electron chi connectivity index (χ2n) is 6.73. The SMILES string of the molecule is COC(=O)c1sccc1NC(=O)N1CCCC1c1noc(COc2ccc(F)cc2)n1. The molecule has 4 rings (SSSR count). The number of methoxy groups -OCH3 is 1. The molecule has 0 aliphatic carbocycles. The summed E-state index contributed by atoms with van der Waals surface area (Å²) in [4.78, 5) is 30.9. The fourth-order valence-corrected chi connectivity index (χ4v) is 4.03. The molecule has 2 aromatic heterocycles. The number of hydrogen-bond acceptors (Lipinski definition) is 8. The van der Waals surface area contributed by atoms with Gasteiger partial charge in [0.25, 0.3) is 5.89 Å². The Morgan fingerprint density at radius 1 is 1.32 bits per heavy atom. The van der Waals surface area contributed by atoms with Gasteiger partial charge in [-0.1, -0.05) is 5.16 Å². The molecule has 0 radical (unpaired) electrons. The summed E-state index contributed by atoms with van der Waals surface area (Å²) in [5.41, 5.74) is 0.397. The Morgan fingerprint density at radius 3 is 2.90 bits per heavy atom. The summed E-state index contributed by atoms with van der Waals surface area (Å²) in [6.07, 6.45) is 1.46. The second kappa shape index (κ2) is 9.13. The van der Waals surface area contributed by atoms with E-state index in [1.807, 2.05) is 0 Å². The van der Waals surface area contributed by atoms with Crippen molar-refractivity contribution in [3.8, 4) is 5.75 Å². The zero-order valence-electron chi connectivity index (χ0n) is 16.5. The van der Waals surface area contributed by atoms with Gasteiger partial charge in [-0.2, -0.15) is 4.98 Å². The van der Waals surface area contributed by atoms with Crippen LogP contribution < -0.4 is 10.1 Å². The number of carbonyl (C=O) groups excluding carboxylic acids is 2. The summed E-state index contributed by atoms with van der Waals surface area (Å²) in [7, 11) is 1.29. The molecular formula is C20H19FN4O5S. The van der Waals surface area contributed by atoms with Crippen LogP contribution in [0.5, 0.6) is 5.75 Å². The van der Waals surface area contributed by atoms with Crippen molar-refractivity contribution in [3.05, 3.63) is 58.1 Å². The van der Waals surface area contributed by atoms with Crippen LogP contribution in [0.2, 0.25) is 0 Å². The van der Waals surface area contributed by atoms with Crippen molar-refractivity contribution in [2.45, 2.75) is 25.5 Å². The lowest BCUT2D eigenvalue weighted by Crippen LogP contribution is -2.35. The van der Waals surface area contributed by atoms with E-state index in [1.54, 1.807) is 16.3 Å². The van der Waals surface area contributed by atoms with Crippen LogP contribution in [-0.4, -0.2) is 40.7 Å². The highest BCUT2D eigenvalue weighted by Crippen LogP contribution is 2.32. The van der Waals surface area contributed by atoms with Crippen molar-refractivity contribution in [2.24, 2.45) is 0 Å². The summed E-state index contributed by atoms with van der Waals surface area (Å²) < 4.78 is 28.5. The maximum absolute atomic E-state index is 13.0. The molecule has 1 saturated heterocycles. The minimum absolute atomic E-state index is 0.0228. The minimum atomic E-state index is -0.507. The first-order valence-corrected chi connectivity index (χ1v) is 10.4. The first-order chi connectivity index (χ1) is 15.0. The van der Waals surface area contributed by atoms with Crippen LogP contribution in [0.1, 0.15) is 40.3 Å². The van der Waals surface area contributed by atoms with Crippen LogP contribution in [0.25, 0.3) is 0 Å². The molecule has 9 nitrogen and oxygen atoms in total. The van der Waals surface area contributed by atoms with Gasteiger partial charge in [-0.3, -0.25) is 0 Å². The van der Waals surface area contributed by atoms with Crippen molar-refractivity contribution < 1.29 is 28.0 Å². The normalized spacial score (nSPS) is 15.7. The number of esters is 1. The van der Waals surface area contributed by atoms with E-state index in [-0.39, 0.29) is 30.4 Å². The monoisotopic (exact) mass is 446 g/mol. The number of likely N-dealkylation sites (tertiary alicyclic amines) is 1. The highest BCUT2D eigenvalue weighted by atomic mass is 32.1. The number of carbonyl (C=O) groups is 2. The Balaban J connectivity index is 1.40. The summed E-state index contributed by atoms with van der Waals surface area (Å²) >= 11 is 1.19. The van der Waals surface area contributed by atoms with E-state index in [0.29, 0.717) is 35.1 Å². The molecule has 1 aliphatic heterocycles. The van der Waals surface area contributed by atoms with Crippen LogP contribution in [-0.2, 0) is 11.3 Å². The van der Waals surface area contributed by atoms with Crippen molar-refractivity contribution in [3.63, 3.8) is 0 Å². The molecule has 1 unspecified atom stereocenters. The second-order valence-corrected chi connectivity index (χ2v) is 7.64. The number of nitrogens with one attached hydrogen (secondary N) is 1. The predicted octanol–water partition coefficient (Wildman–Crippen LogP) is 4.00. The largest absolute Gasteiger partial charge is 0.484 e. The maximum Gasteiger partial charge on any atom is 0.350 e. The predicted molar refractivity (Wildman–Crippen MR) is 108 cm³/mol. The summed E-state index contributed by atoms with van der Waals surface area (Å²) in [6, 6.07) is 6.53. The van der Waals surface area contributed by atoms with Crippen molar-refractivity contribution in [1.29, 1.82) is 0 Å². The fourth-order valence-electron chi connectivity index (χ4n) is 3.26. The number of ether oxygens (including phenoxy) is 2. The number of anilines is 1. The lowest BCUT2D eigenvalue weighted by atomic mass is 10.2. The van der Waals surface area contributed by atoms with Gasteiger partial charge < -0.3 is 24.2 Å². The third-order valence-electron chi connectivity index (χ3n) is 4.75. The molecule has 0 saturated carbocycles. The van der Waals surface area contributed by atoms with Crippen molar-refractivity contribution >= 4 is 29.0 Å². The van der Waals surface area contributed by atoms with E-state index >= 15 is 0 Å². The molecule has 1 fully saturated rings. The van der Waals surface area contributed by atoms with Crippen LogP contribution in [0.15, 0.2) is 40.2 Å². The summed E-state index contributed by atoms with van der Waals surface area (Å²) in [5, 5.41) is 8.46. The lowest BCUT2D eigenvalue weighted by Gasteiger charge is -2.22. The van der Waals surface area contributed by atoms with Gasteiger partial charge in [0.15, 0.2) is 12.4 Å². The van der Waals surface area contributed by atoms with Gasteiger partial charge in [0.05, 0.1) is 18.8 Å². The Hall–Kier alpha value is -3.47. The molecule has 162 valence electrons. The average molecular weight is 446 g/mol.